The van der Waals surface area contributed by atoms with Gasteiger partial charge in [0, 0.05) is 5.41 Å². The average Bonchev–Trinajstić information content (AvgIpc) is 2.29. The lowest BCUT2D eigenvalue weighted by molar-refractivity contribution is 0.184. The van der Waals surface area contributed by atoms with Crippen LogP contribution in [-0.2, 0) is 6.42 Å². The standard InChI is InChI=1S/C15H22O/c1-5-15(4,11-16)10-13-6-8-14(9-7-13)12(2)3/h5-9,12,16H,1,10-11H2,2-4H3. The van der Waals surface area contributed by atoms with Gasteiger partial charge in [0.25, 0.3) is 0 Å². The van der Waals surface area contributed by atoms with Gasteiger partial charge >= 0.3 is 0 Å². The van der Waals surface area contributed by atoms with Gasteiger partial charge in [0.05, 0.1) is 6.61 Å². The molecular formula is C15H22O. The van der Waals surface area contributed by atoms with Gasteiger partial charge in [-0.15, -0.1) is 6.58 Å². The van der Waals surface area contributed by atoms with Crippen molar-refractivity contribution in [1.82, 2.24) is 0 Å². The van der Waals surface area contributed by atoms with E-state index < -0.39 is 0 Å². The summed E-state index contributed by atoms with van der Waals surface area (Å²) in [5.74, 6) is 0.567. The van der Waals surface area contributed by atoms with Crippen LogP contribution >= 0.6 is 0 Å². The first-order chi connectivity index (χ1) is 7.50. The first-order valence-electron chi connectivity index (χ1n) is 5.84. The molecule has 1 atom stereocenters. The van der Waals surface area contributed by atoms with Crippen LogP contribution in [0.3, 0.4) is 0 Å². The van der Waals surface area contributed by atoms with Crippen LogP contribution in [0.2, 0.25) is 0 Å². The molecule has 0 aliphatic heterocycles. The van der Waals surface area contributed by atoms with Gasteiger partial charge in [-0.3, -0.25) is 0 Å². The van der Waals surface area contributed by atoms with E-state index in [2.05, 4.69) is 44.7 Å². The van der Waals surface area contributed by atoms with Gasteiger partial charge in [0.2, 0.25) is 0 Å². The Morgan fingerprint density at radius 1 is 1.31 bits per heavy atom. The summed E-state index contributed by atoms with van der Waals surface area (Å²) in [7, 11) is 0. The van der Waals surface area contributed by atoms with Gasteiger partial charge < -0.3 is 5.11 Å². The molecule has 0 radical (unpaired) electrons. The van der Waals surface area contributed by atoms with Gasteiger partial charge in [-0.05, 0) is 23.5 Å². The van der Waals surface area contributed by atoms with Crippen LogP contribution in [0.25, 0.3) is 0 Å². The molecule has 0 aromatic heterocycles. The Balaban J connectivity index is 2.79. The topological polar surface area (TPSA) is 20.2 Å². The molecule has 1 nitrogen and oxygen atoms in total. The van der Waals surface area contributed by atoms with Crippen molar-refractivity contribution < 1.29 is 5.11 Å². The van der Waals surface area contributed by atoms with E-state index in [0.717, 1.165) is 6.42 Å². The van der Waals surface area contributed by atoms with Crippen molar-refractivity contribution in [2.75, 3.05) is 6.61 Å². The van der Waals surface area contributed by atoms with E-state index in [1.807, 2.05) is 13.0 Å². The molecule has 0 saturated carbocycles. The normalized spacial score (nSPS) is 14.8. The lowest BCUT2D eigenvalue weighted by Crippen LogP contribution is -2.21. The van der Waals surface area contributed by atoms with Crippen molar-refractivity contribution in [3.05, 3.63) is 48.0 Å². The summed E-state index contributed by atoms with van der Waals surface area (Å²) < 4.78 is 0. The summed E-state index contributed by atoms with van der Waals surface area (Å²) in [6, 6.07) is 8.63. The number of aliphatic hydroxyl groups excluding tert-OH is 1. The van der Waals surface area contributed by atoms with E-state index in [4.69, 9.17) is 0 Å². The van der Waals surface area contributed by atoms with Crippen molar-refractivity contribution in [3.8, 4) is 0 Å². The summed E-state index contributed by atoms with van der Waals surface area (Å²) >= 11 is 0. The summed E-state index contributed by atoms with van der Waals surface area (Å²) in [4.78, 5) is 0. The summed E-state index contributed by atoms with van der Waals surface area (Å²) in [6.07, 6.45) is 2.68. The lowest BCUT2D eigenvalue weighted by atomic mass is 9.84. The summed E-state index contributed by atoms with van der Waals surface area (Å²) in [5, 5.41) is 9.32. The fourth-order valence-corrected chi connectivity index (χ4v) is 1.68. The van der Waals surface area contributed by atoms with Crippen LogP contribution in [0.15, 0.2) is 36.9 Å². The Morgan fingerprint density at radius 2 is 1.88 bits per heavy atom. The van der Waals surface area contributed by atoms with Crippen molar-refractivity contribution in [1.29, 1.82) is 0 Å². The van der Waals surface area contributed by atoms with Crippen LogP contribution < -0.4 is 0 Å². The smallest absolute Gasteiger partial charge is 0.0522 e. The molecule has 0 aliphatic rings. The minimum Gasteiger partial charge on any atom is -0.395 e. The second kappa shape index (κ2) is 5.31. The largest absolute Gasteiger partial charge is 0.395 e. The number of rotatable bonds is 5. The van der Waals surface area contributed by atoms with Crippen LogP contribution in [-0.4, -0.2) is 11.7 Å². The van der Waals surface area contributed by atoms with Crippen LogP contribution in [0.4, 0.5) is 0 Å². The second-order valence-corrected chi connectivity index (χ2v) is 5.09. The van der Waals surface area contributed by atoms with E-state index in [-0.39, 0.29) is 12.0 Å². The first kappa shape index (κ1) is 13.0. The molecule has 1 N–H and O–H groups in total. The molecule has 0 spiro atoms. The molecule has 0 aliphatic carbocycles. The maximum absolute atomic E-state index is 9.32. The molecule has 1 aromatic rings. The Hall–Kier alpha value is -1.08. The van der Waals surface area contributed by atoms with Gasteiger partial charge in [-0.25, -0.2) is 0 Å². The van der Waals surface area contributed by atoms with E-state index >= 15 is 0 Å². The number of hydrogen-bond donors (Lipinski definition) is 1. The van der Waals surface area contributed by atoms with Gasteiger partial charge in [-0.2, -0.15) is 0 Å². The third-order valence-electron chi connectivity index (χ3n) is 3.11. The molecule has 0 saturated heterocycles. The monoisotopic (exact) mass is 218 g/mol. The van der Waals surface area contributed by atoms with E-state index in [1.54, 1.807) is 0 Å². The zero-order valence-corrected chi connectivity index (χ0v) is 10.5. The quantitative estimate of drug-likeness (QED) is 0.749. The van der Waals surface area contributed by atoms with Crippen LogP contribution in [0, 0.1) is 5.41 Å². The van der Waals surface area contributed by atoms with E-state index in [0.29, 0.717) is 5.92 Å². The van der Waals surface area contributed by atoms with Crippen molar-refractivity contribution in [2.45, 2.75) is 33.1 Å². The molecule has 88 valence electrons. The average molecular weight is 218 g/mol. The molecule has 1 rings (SSSR count). The van der Waals surface area contributed by atoms with Crippen molar-refractivity contribution in [3.63, 3.8) is 0 Å². The van der Waals surface area contributed by atoms with E-state index in [9.17, 15) is 5.11 Å². The summed E-state index contributed by atoms with van der Waals surface area (Å²) in [6.45, 7) is 10.3. The van der Waals surface area contributed by atoms with Gasteiger partial charge in [0.1, 0.15) is 0 Å². The molecule has 0 amide bonds. The third kappa shape index (κ3) is 3.21. The molecule has 16 heavy (non-hydrogen) atoms. The maximum atomic E-state index is 9.32. The number of aliphatic hydroxyl groups is 1. The maximum Gasteiger partial charge on any atom is 0.0522 e. The first-order valence-corrected chi connectivity index (χ1v) is 5.84. The molecule has 0 heterocycles. The molecule has 1 unspecified atom stereocenters. The zero-order chi connectivity index (χ0) is 12.2. The molecule has 1 aromatic carbocycles. The number of benzene rings is 1. The lowest BCUT2D eigenvalue weighted by Gasteiger charge is -2.23. The Labute approximate surface area is 98.8 Å². The highest BCUT2D eigenvalue weighted by atomic mass is 16.3. The van der Waals surface area contributed by atoms with Crippen molar-refractivity contribution in [2.24, 2.45) is 5.41 Å². The minimum absolute atomic E-state index is 0.141. The number of hydrogen-bond acceptors (Lipinski definition) is 1. The molecule has 1 heteroatoms. The van der Waals surface area contributed by atoms with E-state index in [1.165, 1.54) is 11.1 Å². The van der Waals surface area contributed by atoms with Crippen molar-refractivity contribution >= 4 is 0 Å². The van der Waals surface area contributed by atoms with Crippen LogP contribution in [0.5, 0.6) is 0 Å². The molecular weight excluding hydrogens is 196 g/mol. The zero-order valence-electron chi connectivity index (χ0n) is 10.5. The molecule has 0 fully saturated rings. The molecule has 0 bridgehead atoms. The highest BCUT2D eigenvalue weighted by Gasteiger charge is 2.19. The minimum atomic E-state index is -0.209. The SMILES string of the molecule is C=CC(C)(CO)Cc1ccc(C(C)C)cc1. The fraction of sp³-hybridized carbons (Fsp3) is 0.467. The Kier molecular flexibility index (Phi) is 4.31. The van der Waals surface area contributed by atoms with Gasteiger partial charge in [-0.1, -0.05) is 51.1 Å². The fourth-order valence-electron chi connectivity index (χ4n) is 1.68. The third-order valence-corrected chi connectivity index (χ3v) is 3.11. The van der Waals surface area contributed by atoms with Crippen LogP contribution in [0.1, 0.15) is 37.8 Å². The van der Waals surface area contributed by atoms with Gasteiger partial charge in [0.15, 0.2) is 0 Å². The summed E-state index contributed by atoms with van der Waals surface area (Å²) in [5.41, 5.74) is 2.40. The highest BCUT2D eigenvalue weighted by Crippen LogP contribution is 2.24. The predicted molar refractivity (Wildman–Crippen MR) is 69.6 cm³/mol. The Bertz CT molecular complexity index is 337. The predicted octanol–water partition coefficient (Wildman–Crippen LogP) is 3.54. The highest BCUT2D eigenvalue weighted by molar-refractivity contribution is 5.26. The second-order valence-electron chi connectivity index (χ2n) is 5.09. The Morgan fingerprint density at radius 3 is 2.25 bits per heavy atom.